The minimum absolute atomic E-state index is 0.0874. The first kappa shape index (κ1) is 16.8. The molecule has 25 heavy (non-hydrogen) atoms. The fourth-order valence-electron chi connectivity index (χ4n) is 5.92. The van der Waals surface area contributed by atoms with Crippen LogP contribution in [0.1, 0.15) is 39.5 Å². The van der Waals surface area contributed by atoms with E-state index in [1.807, 2.05) is 13.0 Å². The smallest absolute Gasteiger partial charge is 0.178 e. The molecule has 0 radical (unpaired) electrons. The fraction of sp³-hybridized carbons (Fsp3) is 0.571. The molecule has 0 heterocycles. The fourth-order valence-corrected chi connectivity index (χ4v) is 5.92. The zero-order chi connectivity index (χ0) is 18.0. The van der Waals surface area contributed by atoms with Crippen LogP contribution in [0.2, 0.25) is 0 Å². The summed E-state index contributed by atoms with van der Waals surface area (Å²) in [5.74, 6) is 0.329. The maximum Gasteiger partial charge on any atom is 0.178 e. The number of rotatable bonds is 1. The van der Waals surface area contributed by atoms with Gasteiger partial charge >= 0.3 is 0 Å². The van der Waals surface area contributed by atoms with Crippen LogP contribution >= 0.6 is 0 Å². The molecule has 4 aliphatic rings. The van der Waals surface area contributed by atoms with Gasteiger partial charge in [-0.25, -0.2) is 4.39 Å². The lowest BCUT2D eigenvalue weighted by Gasteiger charge is -2.52. The van der Waals surface area contributed by atoms with Gasteiger partial charge in [-0.05, 0) is 73.2 Å². The van der Waals surface area contributed by atoms with Gasteiger partial charge in [0.15, 0.2) is 5.78 Å². The number of alkyl halides is 1. The van der Waals surface area contributed by atoms with Crippen LogP contribution < -0.4 is 0 Å². The van der Waals surface area contributed by atoms with E-state index in [-0.39, 0.29) is 35.4 Å². The normalized spacial score (nSPS) is 44.5. The van der Waals surface area contributed by atoms with Crippen molar-refractivity contribution in [3.05, 3.63) is 46.8 Å². The van der Waals surface area contributed by atoms with Gasteiger partial charge in [-0.15, -0.1) is 0 Å². The molecule has 0 saturated heterocycles. The van der Waals surface area contributed by atoms with Crippen molar-refractivity contribution in [2.45, 2.75) is 45.7 Å². The highest BCUT2D eigenvalue weighted by Gasteiger charge is 2.56. The van der Waals surface area contributed by atoms with Crippen LogP contribution in [0.4, 0.5) is 4.39 Å². The van der Waals surface area contributed by atoms with Crippen molar-refractivity contribution < 1.29 is 19.4 Å². The maximum absolute atomic E-state index is 15.0. The Morgan fingerprint density at radius 3 is 2.84 bits per heavy atom. The van der Waals surface area contributed by atoms with Crippen LogP contribution in [-0.2, 0) is 4.79 Å². The SMILES string of the molecule is C[C@]12C=CC(=O)C=C1C(F)C[C@@H]1C2=CC[C@]2(C)C(=C(O)CO)CC[C@@H]12. The Bertz CT molecular complexity index is 759. The minimum Gasteiger partial charge on any atom is -0.510 e. The number of halogens is 1. The second-order valence-corrected chi connectivity index (χ2v) is 8.36. The third-order valence-electron chi connectivity index (χ3n) is 7.22. The molecule has 4 rings (SSSR count). The van der Waals surface area contributed by atoms with Gasteiger partial charge in [0.25, 0.3) is 0 Å². The molecule has 4 heteroatoms. The van der Waals surface area contributed by atoms with Gasteiger partial charge in [0.2, 0.25) is 0 Å². The Labute approximate surface area is 147 Å². The quantitative estimate of drug-likeness (QED) is 0.559. The third-order valence-corrected chi connectivity index (χ3v) is 7.22. The number of fused-ring (bicyclic) bond motifs is 5. The summed E-state index contributed by atoms with van der Waals surface area (Å²) >= 11 is 0. The Morgan fingerprint density at radius 1 is 1.36 bits per heavy atom. The predicted molar refractivity (Wildman–Crippen MR) is 93.6 cm³/mol. The molecule has 2 N–H and O–H groups in total. The number of ketones is 1. The van der Waals surface area contributed by atoms with Crippen LogP contribution in [0.25, 0.3) is 0 Å². The molecule has 0 aromatic carbocycles. The molecule has 0 aromatic heterocycles. The Hall–Kier alpha value is -1.68. The van der Waals surface area contributed by atoms with Crippen molar-refractivity contribution in [1.29, 1.82) is 0 Å². The standard InChI is InChI=1S/C21H25FO3/c1-20-8-6-15-13(14(20)3-4-16(20)19(25)11-23)10-18(22)17-9-12(24)5-7-21(15,17)2/h5-7,9,13-14,18,23,25H,3-4,8,10-11H2,1-2H3/t13-,14-,18?,20-,21+/m0/s1. The largest absolute Gasteiger partial charge is 0.510 e. The Kier molecular flexibility index (Phi) is 3.63. The topological polar surface area (TPSA) is 57.5 Å². The van der Waals surface area contributed by atoms with Crippen LogP contribution in [-0.4, -0.2) is 28.8 Å². The van der Waals surface area contributed by atoms with E-state index in [1.165, 1.54) is 11.6 Å². The molecule has 0 spiro atoms. The summed E-state index contributed by atoms with van der Waals surface area (Å²) in [5.41, 5.74) is 2.03. The summed E-state index contributed by atoms with van der Waals surface area (Å²) in [5, 5.41) is 19.5. The summed E-state index contributed by atoms with van der Waals surface area (Å²) in [6, 6.07) is 0. The summed E-state index contributed by atoms with van der Waals surface area (Å²) < 4.78 is 15.0. The van der Waals surface area contributed by atoms with Crippen molar-refractivity contribution >= 4 is 5.78 Å². The van der Waals surface area contributed by atoms with Crippen molar-refractivity contribution in [2.75, 3.05) is 6.61 Å². The van der Waals surface area contributed by atoms with E-state index >= 15 is 4.39 Å². The number of hydrogen-bond donors (Lipinski definition) is 2. The van der Waals surface area contributed by atoms with Gasteiger partial charge in [0.1, 0.15) is 18.5 Å². The lowest BCUT2D eigenvalue weighted by Crippen LogP contribution is -2.45. The van der Waals surface area contributed by atoms with Crippen molar-refractivity contribution in [1.82, 2.24) is 0 Å². The van der Waals surface area contributed by atoms with E-state index in [9.17, 15) is 15.0 Å². The number of allylic oxidation sites excluding steroid dienone is 7. The molecular weight excluding hydrogens is 319 g/mol. The highest BCUT2D eigenvalue weighted by molar-refractivity contribution is 6.01. The molecule has 0 aliphatic heterocycles. The predicted octanol–water partition coefficient (Wildman–Crippen LogP) is 3.97. The summed E-state index contributed by atoms with van der Waals surface area (Å²) in [4.78, 5) is 11.7. The number of carbonyl (C=O) groups excluding carboxylic acids is 1. The second-order valence-electron chi connectivity index (χ2n) is 8.36. The molecule has 2 fully saturated rings. The van der Waals surface area contributed by atoms with Crippen LogP contribution in [0.5, 0.6) is 0 Å². The molecule has 134 valence electrons. The molecule has 4 aliphatic carbocycles. The van der Waals surface area contributed by atoms with Gasteiger partial charge < -0.3 is 10.2 Å². The summed E-state index contributed by atoms with van der Waals surface area (Å²) in [6.07, 6.45) is 8.86. The zero-order valence-corrected chi connectivity index (χ0v) is 14.8. The Balaban J connectivity index is 1.81. The molecule has 0 bridgehead atoms. The van der Waals surface area contributed by atoms with E-state index in [0.717, 1.165) is 24.8 Å². The molecule has 3 nitrogen and oxygen atoms in total. The zero-order valence-electron chi connectivity index (χ0n) is 14.8. The Morgan fingerprint density at radius 2 is 2.12 bits per heavy atom. The average molecular weight is 344 g/mol. The maximum atomic E-state index is 15.0. The first-order valence-electron chi connectivity index (χ1n) is 9.13. The van der Waals surface area contributed by atoms with Crippen molar-refractivity contribution in [2.24, 2.45) is 22.7 Å². The van der Waals surface area contributed by atoms with Crippen LogP contribution in [0.15, 0.2) is 46.8 Å². The van der Waals surface area contributed by atoms with Crippen molar-refractivity contribution in [3.63, 3.8) is 0 Å². The number of aliphatic hydroxyl groups excluding tert-OH is 2. The number of carbonyl (C=O) groups is 1. The lowest BCUT2D eigenvalue weighted by molar-refractivity contribution is -0.110. The van der Waals surface area contributed by atoms with Gasteiger partial charge in [0.05, 0.1) is 0 Å². The third kappa shape index (κ3) is 2.16. The molecule has 5 atom stereocenters. The van der Waals surface area contributed by atoms with E-state index < -0.39 is 11.6 Å². The first-order chi connectivity index (χ1) is 11.8. The molecule has 1 unspecified atom stereocenters. The monoisotopic (exact) mass is 344 g/mol. The molecular formula is C21H25FO3. The van der Waals surface area contributed by atoms with E-state index in [4.69, 9.17) is 0 Å². The van der Waals surface area contributed by atoms with E-state index in [0.29, 0.717) is 12.0 Å². The van der Waals surface area contributed by atoms with Gasteiger partial charge in [-0.3, -0.25) is 4.79 Å². The van der Waals surface area contributed by atoms with Crippen LogP contribution in [0.3, 0.4) is 0 Å². The second kappa shape index (κ2) is 5.41. The number of aliphatic hydroxyl groups is 2. The number of hydrogen-bond acceptors (Lipinski definition) is 3. The molecule has 2 saturated carbocycles. The highest BCUT2D eigenvalue weighted by atomic mass is 19.1. The average Bonchev–Trinajstić information content (AvgIpc) is 2.93. The van der Waals surface area contributed by atoms with Crippen LogP contribution in [0, 0.1) is 22.7 Å². The highest BCUT2D eigenvalue weighted by Crippen LogP contribution is 2.64. The summed E-state index contributed by atoms with van der Waals surface area (Å²) in [6.45, 7) is 3.83. The lowest BCUT2D eigenvalue weighted by atomic mass is 9.52. The molecule has 0 amide bonds. The van der Waals surface area contributed by atoms with E-state index in [2.05, 4.69) is 13.0 Å². The van der Waals surface area contributed by atoms with Gasteiger partial charge in [-0.1, -0.05) is 24.6 Å². The first-order valence-corrected chi connectivity index (χ1v) is 9.13. The van der Waals surface area contributed by atoms with Gasteiger partial charge in [0, 0.05) is 5.41 Å². The van der Waals surface area contributed by atoms with Crippen molar-refractivity contribution in [3.8, 4) is 0 Å². The van der Waals surface area contributed by atoms with E-state index in [1.54, 1.807) is 6.08 Å². The summed E-state index contributed by atoms with van der Waals surface area (Å²) in [7, 11) is 0. The van der Waals surface area contributed by atoms with Gasteiger partial charge in [-0.2, -0.15) is 0 Å². The minimum atomic E-state index is -1.11. The molecule has 0 aromatic rings.